The van der Waals surface area contributed by atoms with Gasteiger partial charge in [-0.25, -0.2) is 29.1 Å². The molecule has 16 nitrogen and oxygen atoms in total. The molecule has 16 heteroatoms. The highest BCUT2D eigenvalue weighted by Crippen LogP contribution is 1.83. The van der Waals surface area contributed by atoms with Gasteiger partial charge < -0.3 is 30.7 Å². The van der Waals surface area contributed by atoms with E-state index in [1.54, 1.807) is 9.97 Å². The fraction of sp³-hybridized carbons (Fsp3) is 0.400. The van der Waals surface area contributed by atoms with E-state index in [4.69, 9.17) is 21.7 Å². The van der Waals surface area contributed by atoms with E-state index in [9.17, 15) is 28.8 Å². The molecule has 0 aliphatic heterocycles. The van der Waals surface area contributed by atoms with Crippen molar-refractivity contribution in [3.8, 4) is 0 Å². The lowest BCUT2D eigenvalue weighted by molar-refractivity contribution is -0.140. The monoisotopic (exact) mass is 378 g/mol. The van der Waals surface area contributed by atoms with Crippen LogP contribution in [0.25, 0.3) is 0 Å². The molecule has 0 radical (unpaired) electrons. The topological polar surface area (TPSA) is 263 Å². The van der Waals surface area contributed by atoms with Crippen molar-refractivity contribution in [2.75, 3.05) is 0 Å². The molecular formula is C10H14N6O10. The molecule has 0 aromatic carbocycles. The number of hydrogen-bond donors (Lipinski definition) is 6. The average Bonchev–Trinajstić information content (AvgIpc) is 3.00. The van der Waals surface area contributed by atoms with Crippen LogP contribution in [0.1, 0.15) is 0 Å². The van der Waals surface area contributed by atoms with E-state index < -0.39 is 46.9 Å². The Labute approximate surface area is 140 Å². The number of aromatic amines is 2. The Bertz CT molecular complexity index is 905. The van der Waals surface area contributed by atoms with Crippen LogP contribution in [0.2, 0.25) is 0 Å². The maximum Gasteiger partial charge on any atom is 0.440 e. The SMILES string of the molecule is N[C@@H](Cn1oc(=O)[nH]c1=O)C(=O)O.N[C@@H](Cn1oc(=O)[nH]c1=O)C(=O)O. The lowest BCUT2D eigenvalue weighted by Gasteiger charge is -2.02. The number of aliphatic carboxylic acids is 2. The molecule has 2 atom stereocenters. The summed E-state index contributed by atoms with van der Waals surface area (Å²) in [5.41, 5.74) is 8.55. The molecule has 0 bridgehead atoms. The quantitative estimate of drug-likeness (QED) is 0.276. The highest BCUT2D eigenvalue weighted by Gasteiger charge is 2.15. The molecule has 2 rings (SSSR count). The van der Waals surface area contributed by atoms with Gasteiger partial charge in [0.25, 0.3) is 0 Å². The first-order valence-electron chi connectivity index (χ1n) is 6.59. The number of hydrogen-bond acceptors (Lipinski definition) is 10. The van der Waals surface area contributed by atoms with E-state index in [-0.39, 0.29) is 13.1 Å². The Morgan fingerprint density at radius 2 is 1.15 bits per heavy atom. The van der Waals surface area contributed by atoms with Crippen LogP contribution in [0.15, 0.2) is 28.2 Å². The summed E-state index contributed by atoms with van der Waals surface area (Å²) in [6.45, 7) is -0.764. The van der Waals surface area contributed by atoms with Gasteiger partial charge in [-0.3, -0.25) is 9.59 Å². The first-order valence-corrected chi connectivity index (χ1v) is 6.59. The number of nitrogens with zero attached hydrogens (tertiary/aromatic N) is 2. The van der Waals surface area contributed by atoms with Crippen molar-refractivity contribution in [1.29, 1.82) is 0 Å². The highest BCUT2D eigenvalue weighted by molar-refractivity contribution is 5.73. The maximum absolute atomic E-state index is 10.8. The highest BCUT2D eigenvalue weighted by atomic mass is 16.5. The minimum absolute atomic E-state index is 0.382. The molecule has 2 heterocycles. The zero-order valence-corrected chi connectivity index (χ0v) is 12.8. The fourth-order valence-electron chi connectivity index (χ4n) is 1.38. The van der Waals surface area contributed by atoms with Gasteiger partial charge in [0, 0.05) is 0 Å². The van der Waals surface area contributed by atoms with Gasteiger partial charge in [0.05, 0.1) is 13.1 Å². The van der Waals surface area contributed by atoms with Crippen LogP contribution < -0.4 is 34.4 Å². The summed E-state index contributed by atoms with van der Waals surface area (Å²) in [5, 5.41) is 16.7. The second kappa shape index (κ2) is 8.44. The van der Waals surface area contributed by atoms with Crippen LogP contribution in [0, 0.1) is 0 Å². The third-order valence-electron chi connectivity index (χ3n) is 2.62. The van der Waals surface area contributed by atoms with Crippen molar-refractivity contribution >= 4 is 11.9 Å². The molecule has 0 spiro atoms. The van der Waals surface area contributed by atoms with E-state index in [0.29, 0.717) is 9.48 Å². The van der Waals surface area contributed by atoms with Crippen LogP contribution in [0.4, 0.5) is 0 Å². The van der Waals surface area contributed by atoms with Crippen LogP contribution in [0.3, 0.4) is 0 Å². The Morgan fingerprint density at radius 1 is 0.846 bits per heavy atom. The van der Waals surface area contributed by atoms with E-state index >= 15 is 0 Å². The average molecular weight is 378 g/mol. The van der Waals surface area contributed by atoms with Gasteiger partial charge >= 0.3 is 34.8 Å². The molecule has 2 aromatic rings. The first kappa shape index (κ1) is 20.4. The number of nitrogens with one attached hydrogen (secondary N) is 2. The lowest BCUT2D eigenvalue weighted by Crippen LogP contribution is -2.37. The number of aromatic nitrogens is 4. The predicted octanol–water partition coefficient (Wildman–Crippen LogP) is -4.92. The number of nitrogens with two attached hydrogens (primary N) is 2. The van der Waals surface area contributed by atoms with Gasteiger partial charge in [0.2, 0.25) is 0 Å². The summed E-state index contributed by atoms with van der Waals surface area (Å²) in [7, 11) is 0. The van der Waals surface area contributed by atoms with Gasteiger partial charge in [-0.1, -0.05) is 0 Å². The van der Waals surface area contributed by atoms with Crippen LogP contribution in [-0.4, -0.2) is 53.7 Å². The van der Waals surface area contributed by atoms with Gasteiger partial charge in [0.1, 0.15) is 12.1 Å². The zero-order chi connectivity index (χ0) is 20.0. The van der Waals surface area contributed by atoms with Crippen molar-refractivity contribution in [2.45, 2.75) is 25.2 Å². The lowest BCUT2D eigenvalue weighted by atomic mass is 10.3. The summed E-state index contributed by atoms with van der Waals surface area (Å²) in [6, 6.07) is -2.56. The minimum atomic E-state index is -1.28. The van der Waals surface area contributed by atoms with Gasteiger partial charge in [-0.15, -0.1) is 9.48 Å². The molecule has 0 aliphatic rings. The van der Waals surface area contributed by atoms with Gasteiger partial charge in [0.15, 0.2) is 0 Å². The zero-order valence-electron chi connectivity index (χ0n) is 12.8. The molecule has 26 heavy (non-hydrogen) atoms. The Kier molecular flexibility index (Phi) is 6.62. The van der Waals surface area contributed by atoms with Crippen molar-refractivity contribution in [2.24, 2.45) is 11.5 Å². The normalized spacial score (nSPS) is 12.7. The van der Waals surface area contributed by atoms with Crippen LogP contribution >= 0.6 is 0 Å². The van der Waals surface area contributed by atoms with E-state index in [1.807, 2.05) is 0 Å². The van der Waals surface area contributed by atoms with E-state index in [1.165, 1.54) is 0 Å². The second-order valence-corrected chi connectivity index (χ2v) is 4.63. The Balaban J connectivity index is 0.000000260. The van der Waals surface area contributed by atoms with E-state index in [0.717, 1.165) is 0 Å². The van der Waals surface area contributed by atoms with Crippen LogP contribution in [-0.2, 0) is 22.7 Å². The first-order chi connectivity index (χ1) is 12.0. The maximum atomic E-state index is 10.8. The van der Waals surface area contributed by atoms with E-state index in [2.05, 4.69) is 9.05 Å². The third kappa shape index (κ3) is 5.76. The predicted molar refractivity (Wildman–Crippen MR) is 78.4 cm³/mol. The summed E-state index contributed by atoms with van der Waals surface area (Å²) in [4.78, 5) is 66.5. The smallest absolute Gasteiger partial charge is 0.440 e. The third-order valence-corrected chi connectivity index (χ3v) is 2.62. The number of rotatable bonds is 6. The molecule has 0 amide bonds. The van der Waals surface area contributed by atoms with Gasteiger partial charge in [-0.05, 0) is 0 Å². The van der Waals surface area contributed by atoms with Crippen molar-refractivity contribution < 1.29 is 28.8 Å². The number of H-pyrrole nitrogens is 2. The minimum Gasteiger partial charge on any atom is -0.480 e. The van der Waals surface area contributed by atoms with Crippen LogP contribution in [0.5, 0.6) is 0 Å². The molecule has 2 aromatic heterocycles. The summed E-state index contributed by atoms with van der Waals surface area (Å²) < 4.78 is 9.68. The fourth-order valence-corrected chi connectivity index (χ4v) is 1.38. The number of carboxylic acid groups (broad SMARTS) is 2. The van der Waals surface area contributed by atoms with Crippen molar-refractivity contribution in [3.05, 3.63) is 42.1 Å². The number of carboxylic acids is 2. The molecule has 0 unspecified atom stereocenters. The Morgan fingerprint density at radius 3 is 1.35 bits per heavy atom. The van der Waals surface area contributed by atoms with Crippen molar-refractivity contribution in [3.63, 3.8) is 0 Å². The molecule has 8 N–H and O–H groups in total. The molecular weight excluding hydrogens is 364 g/mol. The molecule has 144 valence electrons. The molecule has 0 aliphatic carbocycles. The Hall–Kier alpha value is -3.66. The molecule has 0 fully saturated rings. The largest absolute Gasteiger partial charge is 0.480 e. The standard InChI is InChI=1S/2C5H7N3O5/c2*6-2(3(9)10)1-8-4(11)7-5(12)13-8/h2*2H,1,6H2,(H,9,10)(H,7,11,12)/t2*2-/m00/s1. The van der Waals surface area contributed by atoms with Gasteiger partial charge in [-0.2, -0.15) is 0 Å². The second-order valence-electron chi connectivity index (χ2n) is 4.63. The number of carbonyl (C=O) groups is 2. The molecule has 0 saturated heterocycles. The summed E-state index contributed by atoms with van der Waals surface area (Å²) in [5.74, 6) is -4.45. The summed E-state index contributed by atoms with van der Waals surface area (Å²) in [6.07, 6.45) is 0. The van der Waals surface area contributed by atoms with Crippen molar-refractivity contribution in [1.82, 2.24) is 19.4 Å². The summed E-state index contributed by atoms with van der Waals surface area (Å²) >= 11 is 0. The molecule has 0 saturated carbocycles.